The summed E-state index contributed by atoms with van der Waals surface area (Å²) >= 11 is 0. The molecule has 0 aliphatic rings. The van der Waals surface area contributed by atoms with Gasteiger partial charge in [-0.15, -0.1) is 0 Å². The summed E-state index contributed by atoms with van der Waals surface area (Å²) in [6.45, 7) is 1.51. The maximum Gasteiger partial charge on any atom is 0.298 e. The molecule has 0 saturated heterocycles. The van der Waals surface area contributed by atoms with Crippen molar-refractivity contribution in [2.75, 3.05) is 7.05 Å². The van der Waals surface area contributed by atoms with E-state index in [4.69, 9.17) is 0 Å². The zero-order chi connectivity index (χ0) is 14.3. The van der Waals surface area contributed by atoms with Crippen LogP contribution in [0.4, 0.5) is 8.78 Å². The Labute approximate surface area is 112 Å². The summed E-state index contributed by atoms with van der Waals surface area (Å²) in [7, 11) is 1.37. The number of nitrogens with zero attached hydrogens (tertiary/aromatic N) is 1. The lowest BCUT2D eigenvalue weighted by molar-refractivity contribution is -0.129. The molecule has 1 aromatic carbocycles. The highest BCUT2D eigenvalue weighted by atomic mass is 19.3. The van der Waals surface area contributed by atoms with Crippen molar-refractivity contribution in [2.45, 2.75) is 32.2 Å². The Morgan fingerprint density at radius 3 is 2.47 bits per heavy atom. The van der Waals surface area contributed by atoms with Crippen LogP contribution in [0.2, 0.25) is 0 Å². The van der Waals surface area contributed by atoms with Crippen LogP contribution >= 0.6 is 0 Å². The van der Waals surface area contributed by atoms with Crippen LogP contribution in [-0.4, -0.2) is 30.3 Å². The molecule has 1 atom stereocenters. The number of rotatable bonds is 5. The molecule has 19 heavy (non-hydrogen) atoms. The van der Waals surface area contributed by atoms with Crippen LogP contribution < -0.4 is 0 Å². The van der Waals surface area contributed by atoms with E-state index in [-0.39, 0.29) is 6.42 Å². The van der Waals surface area contributed by atoms with E-state index in [9.17, 15) is 13.6 Å². The molecule has 1 amide bonds. The number of alkyl halides is 2. The average molecular weight is 265 g/mol. The second-order valence-electron chi connectivity index (χ2n) is 4.22. The number of carbonyl (C=O) groups excluding carboxylic acids is 1. The molecule has 0 N–H and O–H groups in total. The van der Waals surface area contributed by atoms with Gasteiger partial charge < -0.3 is 4.90 Å². The number of aryl methyl sites for hydroxylation is 1. The number of amides is 1. The summed E-state index contributed by atoms with van der Waals surface area (Å²) < 4.78 is 26.0. The van der Waals surface area contributed by atoms with Gasteiger partial charge in [-0.25, -0.2) is 8.78 Å². The molecule has 0 fully saturated rings. The molecule has 1 aromatic rings. The fraction of sp³-hybridized carbons (Fsp3) is 0.400. The molecule has 4 heteroatoms. The van der Waals surface area contributed by atoms with Gasteiger partial charge in [-0.1, -0.05) is 36.3 Å². The maximum atomic E-state index is 13.0. The van der Waals surface area contributed by atoms with Gasteiger partial charge in [0.05, 0.1) is 6.04 Å². The summed E-state index contributed by atoms with van der Waals surface area (Å²) in [6, 6.07) is 8.27. The van der Waals surface area contributed by atoms with E-state index >= 15 is 0 Å². The molecular formula is C15H17F2NO. The van der Waals surface area contributed by atoms with Gasteiger partial charge in [-0.3, -0.25) is 4.79 Å². The lowest BCUT2D eigenvalue weighted by atomic mass is 10.0. The molecule has 0 saturated carbocycles. The Morgan fingerprint density at radius 2 is 1.95 bits per heavy atom. The van der Waals surface area contributed by atoms with E-state index in [0.717, 1.165) is 10.5 Å². The molecular weight excluding hydrogens is 248 g/mol. The second kappa shape index (κ2) is 7.52. The van der Waals surface area contributed by atoms with Gasteiger partial charge in [0.1, 0.15) is 0 Å². The molecule has 0 spiro atoms. The lowest BCUT2D eigenvalue weighted by Gasteiger charge is -2.25. The molecule has 0 radical (unpaired) electrons. The van der Waals surface area contributed by atoms with Gasteiger partial charge in [-0.05, 0) is 31.2 Å². The highest BCUT2D eigenvalue weighted by molar-refractivity contribution is 5.93. The van der Waals surface area contributed by atoms with Crippen molar-refractivity contribution in [3.63, 3.8) is 0 Å². The smallest absolute Gasteiger partial charge is 0.298 e. The van der Waals surface area contributed by atoms with Crippen molar-refractivity contribution in [2.24, 2.45) is 0 Å². The summed E-state index contributed by atoms with van der Waals surface area (Å²) in [5.74, 6) is 4.14. The molecule has 102 valence electrons. The Bertz CT molecular complexity index is 462. The van der Waals surface area contributed by atoms with E-state index in [1.807, 2.05) is 30.3 Å². The van der Waals surface area contributed by atoms with Crippen LogP contribution in [0, 0.1) is 11.8 Å². The normalized spacial score (nSPS) is 11.6. The lowest BCUT2D eigenvalue weighted by Crippen LogP contribution is -2.41. The van der Waals surface area contributed by atoms with Crippen molar-refractivity contribution in [1.82, 2.24) is 4.90 Å². The minimum atomic E-state index is -2.57. The first kappa shape index (κ1) is 15.2. The first-order valence-corrected chi connectivity index (χ1v) is 6.08. The number of carbonyl (C=O) groups is 1. The summed E-state index contributed by atoms with van der Waals surface area (Å²) in [4.78, 5) is 12.6. The Hall–Kier alpha value is -1.89. The van der Waals surface area contributed by atoms with Crippen molar-refractivity contribution in [3.8, 4) is 11.8 Å². The standard InChI is InChI=1S/C15H17F2NO/c1-3-7-14(19)18(2)13(15(16)17)11-10-12-8-5-4-6-9-12/h4-6,8-9,13,15H,10-11H2,1-2H3. The third-order valence-corrected chi connectivity index (χ3v) is 2.91. The van der Waals surface area contributed by atoms with Gasteiger partial charge >= 0.3 is 0 Å². The highest BCUT2D eigenvalue weighted by Crippen LogP contribution is 2.15. The molecule has 1 unspecified atom stereocenters. The Balaban J connectivity index is 2.67. The molecule has 0 heterocycles. The van der Waals surface area contributed by atoms with Crippen LogP contribution in [0.1, 0.15) is 18.9 Å². The monoisotopic (exact) mass is 265 g/mol. The van der Waals surface area contributed by atoms with Crippen LogP contribution in [0.25, 0.3) is 0 Å². The SMILES string of the molecule is CC#CC(=O)N(C)C(CCc1ccccc1)C(F)F. The van der Waals surface area contributed by atoms with Crippen molar-refractivity contribution < 1.29 is 13.6 Å². The fourth-order valence-corrected chi connectivity index (χ4v) is 1.79. The fourth-order valence-electron chi connectivity index (χ4n) is 1.79. The number of benzene rings is 1. The second-order valence-corrected chi connectivity index (χ2v) is 4.22. The molecule has 0 aromatic heterocycles. The van der Waals surface area contributed by atoms with E-state index < -0.39 is 18.4 Å². The topological polar surface area (TPSA) is 20.3 Å². The third kappa shape index (κ3) is 4.70. The van der Waals surface area contributed by atoms with E-state index in [0.29, 0.717) is 6.42 Å². The molecule has 0 aliphatic carbocycles. The van der Waals surface area contributed by atoms with Crippen LogP contribution in [-0.2, 0) is 11.2 Å². The van der Waals surface area contributed by atoms with Gasteiger partial charge in [0.25, 0.3) is 12.3 Å². The zero-order valence-electron chi connectivity index (χ0n) is 11.1. The van der Waals surface area contributed by atoms with Crippen LogP contribution in [0.15, 0.2) is 30.3 Å². The average Bonchev–Trinajstić information content (AvgIpc) is 2.39. The molecule has 1 rings (SSSR count). The van der Waals surface area contributed by atoms with E-state index in [2.05, 4.69) is 11.8 Å². The quantitative estimate of drug-likeness (QED) is 0.750. The largest absolute Gasteiger partial charge is 0.326 e. The molecule has 0 aliphatic heterocycles. The first-order chi connectivity index (χ1) is 9.06. The van der Waals surface area contributed by atoms with E-state index in [1.54, 1.807) is 0 Å². The molecule has 2 nitrogen and oxygen atoms in total. The number of hydrogen-bond donors (Lipinski definition) is 0. The van der Waals surface area contributed by atoms with Crippen LogP contribution in [0.5, 0.6) is 0 Å². The minimum Gasteiger partial charge on any atom is -0.326 e. The van der Waals surface area contributed by atoms with Crippen molar-refractivity contribution in [3.05, 3.63) is 35.9 Å². The van der Waals surface area contributed by atoms with Gasteiger partial charge in [0, 0.05) is 7.05 Å². The van der Waals surface area contributed by atoms with Crippen LogP contribution in [0.3, 0.4) is 0 Å². The predicted molar refractivity (Wildman–Crippen MR) is 70.8 cm³/mol. The van der Waals surface area contributed by atoms with Gasteiger partial charge in [0.2, 0.25) is 0 Å². The minimum absolute atomic E-state index is 0.218. The zero-order valence-corrected chi connectivity index (χ0v) is 11.1. The Morgan fingerprint density at radius 1 is 1.32 bits per heavy atom. The number of hydrogen-bond acceptors (Lipinski definition) is 1. The first-order valence-electron chi connectivity index (χ1n) is 6.08. The highest BCUT2D eigenvalue weighted by Gasteiger charge is 2.27. The maximum absolute atomic E-state index is 13.0. The van der Waals surface area contributed by atoms with Gasteiger partial charge in [0.15, 0.2) is 0 Å². The Kier molecular flexibility index (Phi) is 6.01. The van der Waals surface area contributed by atoms with Crippen molar-refractivity contribution >= 4 is 5.91 Å². The number of halogens is 2. The third-order valence-electron chi connectivity index (χ3n) is 2.91. The summed E-state index contributed by atoms with van der Waals surface area (Å²) in [6.07, 6.45) is -1.85. The summed E-state index contributed by atoms with van der Waals surface area (Å²) in [5.41, 5.74) is 0.982. The van der Waals surface area contributed by atoms with E-state index in [1.165, 1.54) is 14.0 Å². The van der Waals surface area contributed by atoms with Crippen molar-refractivity contribution in [1.29, 1.82) is 0 Å². The summed E-state index contributed by atoms with van der Waals surface area (Å²) in [5, 5.41) is 0. The molecule has 0 bridgehead atoms. The predicted octanol–water partition coefficient (Wildman–Crippen LogP) is 2.73. The van der Waals surface area contributed by atoms with Gasteiger partial charge in [-0.2, -0.15) is 0 Å².